The zero-order valence-corrected chi connectivity index (χ0v) is 16.9. The number of ether oxygens (including phenoxy) is 4. The van der Waals surface area contributed by atoms with E-state index in [0.717, 1.165) is 32.9 Å². The van der Waals surface area contributed by atoms with Crippen molar-refractivity contribution in [1.82, 2.24) is 5.32 Å². The number of aliphatic hydroxyl groups excluding tert-OH is 1. The largest absolute Gasteiger partial charge is 0.497 e. The highest BCUT2D eigenvalue weighted by atomic mass is 16.5. The van der Waals surface area contributed by atoms with Gasteiger partial charge in [-0.1, -0.05) is 6.07 Å². The van der Waals surface area contributed by atoms with Gasteiger partial charge in [0, 0.05) is 6.54 Å². The number of carbonyl (C=O) groups excluding carboxylic acids is 1. The van der Waals surface area contributed by atoms with Crippen LogP contribution in [0, 0.1) is 0 Å². The highest BCUT2D eigenvalue weighted by molar-refractivity contribution is 6.10. The lowest BCUT2D eigenvalue weighted by Gasteiger charge is -2.17. The maximum Gasteiger partial charge on any atom is 0.325 e. The molecule has 3 rings (SSSR count). The molecule has 0 aliphatic rings. The van der Waals surface area contributed by atoms with Gasteiger partial charge in [-0.15, -0.1) is 0 Å². The van der Waals surface area contributed by atoms with E-state index in [1.165, 1.54) is 7.11 Å². The van der Waals surface area contributed by atoms with E-state index in [4.69, 9.17) is 18.9 Å². The molecule has 0 spiro atoms. The minimum absolute atomic E-state index is 0.350. The van der Waals surface area contributed by atoms with Crippen LogP contribution in [-0.2, 0) is 16.1 Å². The first-order chi connectivity index (χ1) is 14.1. The van der Waals surface area contributed by atoms with E-state index < -0.39 is 12.0 Å². The molecule has 154 valence electrons. The van der Waals surface area contributed by atoms with E-state index >= 15 is 0 Å². The number of benzene rings is 3. The minimum atomic E-state index is -0.797. The van der Waals surface area contributed by atoms with E-state index in [2.05, 4.69) is 5.32 Å². The zero-order chi connectivity index (χ0) is 21.0. The van der Waals surface area contributed by atoms with Crippen LogP contribution in [0.15, 0.2) is 36.4 Å². The number of nitrogens with one attached hydrogen (secondary N) is 1. The molecule has 0 aliphatic carbocycles. The summed E-state index contributed by atoms with van der Waals surface area (Å²) >= 11 is 0. The molecule has 0 bridgehead atoms. The van der Waals surface area contributed by atoms with Crippen molar-refractivity contribution in [1.29, 1.82) is 0 Å². The summed E-state index contributed by atoms with van der Waals surface area (Å²) in [5.41, 5.74) is 0.963. The Hall–Kier alpha value is -3.03. The number of esters is 1. The van der Waals surface area contributed by atoms with E-state index in [1.54, 1.807) is 21.3 Å². The molecule has 3 aromatic carbocycles. The first-order valence-electron chi connectivity index (χ1n) is 9.13. The summed E-state index contributed by atoms with van der Waals surface area (Å²) in [5, 5.41) is 16.5. The fourth-order valence-electron chi connectivity index (χ4n) is 3.41. The number of methoxy groups -OCH3 is 4. The Labute approximate surface area is 169 Å². The quantitative estimate of drug-likeness (QED) is 0.445. The first kappa shape index (κ1) is 20.7. The van der Waals surface area contributed by atoms with E-state index in [9.17, 15) is 9.90 Å². The number of aliphatic hydroxyl groups is 1. The highest BCUT2D eigenvalue weighted by Gasteiger charge is 2.18. The van der Waals surface area contributed by atoms with Crippen LogP contribution in [-0.4, -0.2) is 52.2 Å². The summed E-state index contributed by atoms with van der Waals surface area (Å²) in [6.45, 7) is 0.0183. The van der Waals surface area contributed by atoms with Crippen molar-refractivity contribution >= 4 is 27.5 Å². The monoisotopic (exact) mass is 399 g/mol. The van der Waals surface area contributed by atoms with Gasteiger partial charge in [-0.25, -0.2) is 0 Å². The summed E-state index contributed by atoms with van der Waals surface area (Å²) < 4.78 is 21.0. The molecule has 1 atom stereocenters. The van der Waals surface area contributed by atoms with Crippen molar-refractivity contribution in [2.45, 2.75) is 12.6 Å². The Balaban J connectivity index is 2.16. The normalized spacial score (nSPS) is 12.0. The predicted octanol–water partition coefficient (Wildman–Crippen LogP) is 2.64. The van der Waals surface area contributed by atoms with Crippen molar-refractivity contribution in [3.8, 4) is 17.2 Å². The molecule has 2 N–H and O–H groups in total. The van der Waals surface area contributed by atoms with Crippen molar-refractivity contribution in [2.75, 3.05) is 35.0 Å². The lowest BCUT2D eigenvalue weighted by Crippen LogP contribution is -2.40. The summed E-state index contributed by atoms with van der Waals surface area (Å²) in [6.07, 6.45) is 0. The smallest absolute Gasteiger partial charge is 0.325 e. The maximum absolute atomic E-state index is 11.8. The van der Waals surface area contributed by atoms with E-state index in [-0.39, 0.29) is 6.61 Å². The summed E-state index contributed by atoms with van der Waals surface area (Å²) in [7, 11) is 6.12. The second kappa shape index (κ2) is 8.98. The topological polar surface area (TPSA) is 86.3 Å². The van der Waals surface area contributed by atoms with Crippen LogP contribution in [0.4, 0.5) is 0 Å². The lowest BCUT2D eigenvalue weighted by atomic mass is 9.96. The van der Waals surface area contributed by atoms with Gasteiger partial charge >= 0.3 is 5.97 Å². The SMILES string of the molecule is COC(=O)[C@@H](CO)NCc1cc2cc(OC)c(OC)cc2c2cc(OC)ccc12. The Morgan fingerprint density at radius 2 is 1.66 bits per heavy atom. The zero-order valence-electron chi connectivity index (χ0n) is 16.9. The molecule has 0 aromatic heterocycles. The summed E-state index contributed by atoms with van der Waals surface area (Å²) in [6, 6.07) is 10.9. The molecule has 0 aliphatic heterocycles. The van der Waals surface area contributed by atoms with Crippen molar-refractivity contribution in [2.24, 2.45) is 0 Å². The maximum atomic E-state index is 11.8. The third-order valence-corrected chi connectivity index (χ3v) is 4.96. The molecule has 7 nitrogen and oxygen atoms in total. The number of rotatable bonds is 8. The average molecular weight is 399 g/mol. The summed E-state index contributed by atoms with van der Waals surface area (Å²) in [5.74, 6) is 1.50. The van der Waals surface area contributed by atoms with Gasteiger partial charge in [-0.3, -0.25) is 10.1 Å². The van der Waals surface area contributed by atoms with Gasteiger partial charge in [-0.05, 0) is 57.4 Å². The molecule has 29 heavy (non-hydrogen) atoms. The minimum Gasteiger partial charge on any atom is -0.497 e. The standard InChI is InChI=1S/C22H25NO6/c1-26-15-5-6-16-14(11-23-19(12-24)22(25)29-4)7-13-8-20(27-2)21(28-3)10-17(13)18(16)9-15/h5-10,19,23-24H,11-12H2,1-4H3/t19-/m1/s1. The predicted molar refractivity (Wildman–Crippen MR) is 111 cm³/mol. The number of carbonyl (C=O) groups is 1. The van der Waals surface area contributed by atoms with Crippen LogP contribution in [0.1, 0.15) is 5.56 Å². The molecule has 0 saturated carbocycles. The molecule has 0 heterocycles. The first-order valence-corrected chi connectivity index (χ1v) is 9.13. The van der Waals surface area contributed by atoms with Crippen LogP contribution in [0.5, 0.6) is 17.2 Å². The van der Waals surface area contributed by atoms with Gasteiger partial charge in [0.2, 0.25) is 0 Å². The average Bonchev–Trinajstić information content (AvgIpc) is 2.77. The van der Waals surface area contributed by atoms with Gasteiger partial charge in [0.05, 0.1) is 35.0 Å². The lowest BCUT2D eigenvalue weighted by molar-refractivity contribution is -0.144. The van der Waals surface area contributed by atoms with Gasteiger partial charge in [-0.2, -0.15) is 0 Å². The number of fused-ring (bicyclic) bond motifs is 3. The third kappa shape index (κ3) is 4.06. The van der Waals surface area contributed by atoms with Crippen molar-refractivity contribution < 1.29 is 28.8 Å². The van der Waals surface area contributed by atoms with E-state index in [0.29, 0.717) is 18.0 Å². The van der Waals surface area contributed by atoms with Crippen LogP contribution < -0.4 is 19.5 Å². The van der Waals surface area contributed by atoms with Crippen molar-refractivity contribution in [3.05, 3.63) is 42.0 Å². The Kier molecular flexibility index (Phi) is 6.41. The fourth-order valence-corrected chi connectivity index (χ4v) is 3.41. The molecule has 0 fully saturated rings. The summed E-state index contributed by atoms with van der Waals surface area (Å²) in [4.78, 5) is 11.8. The molecule has 0 unspecified atom stereocenters. The molecular formula is C22H25NO6. The Morgan fingerprint density at radius 1 is 0.931 bits per heavy atom. The van der Waals surface area contributed by atoms with Crippen molar-refractivity contribution in [3.63, 3.8) is 0 Å². The van der Waals surface area contributed by atoms with Gasteiger partial charge in [0.1, 0.15) is 11.8 Å². The molecule has 3 aromatic rings. The fraction of sp³-hybridized carbons (Fsp3) is 0.318. The number of hydrogen-bond donors (Lipinski definition) is 2. The van der Waals surface area contributed by atoms with Crippen LogP contribution in [0.3, 0.4) is 0 Å². The highest BCUT2D eigenvalue weighted by Crippen LogP contribution is 2.38. The van der Waals surface area contributed by atoms with Gasteiger partial charge < -0.3 is 24.1 Å². The molecule has 0 amide bonds. The van der Waals surface area contributed by atoms with Crippen LogP contribution >= 0.6 is 0 Å². The van der Waals surface area contributed by atoms with Gasteiger partial charge in [0.25, 0.3) is 0 Å². The molecule has 0 saturated heterocycles. The second-order valence-corrected chi connectivity index (χ2v) is 6.51. The molecular weight excluding hydrogens is 374 g/mol. The third-order valence-electron chi connectivity index (χ3n) is 4.96. The van der Waals surface area contributed by atoms with Crippen LogP contribution in [0.2, 0.25) is 0 Å². The van der Waals surface area contributed by atoms with Gasteiger partial charge in [0.15, 0.2) is 11.5 Å². The van der Waals surface area contributed by atoms with Crippen LogP contribution in [0.25, 0.3) is 21.5 Å². The number of hydrogen-bond acceptors (Lipinski definition) is 7. The van der Waals surface area contributed by atoms with E-state index in [1.807, 2.05) is 36.4 Å². The molecule has 7 heteroatoms. The molecule has 0 radical (unpaired) electrons. The Morgan fingerprint density at radius 3 is 2.28 bits per heavy atom. The Bertz CT molecular complexity index is 1030. The second-order valence-electron chi connectivity index (χ2n) is 6.51.